The molecule has 5 nitrogen and oxygen atoms in total. The van der Waals surface area contributed by atoms with E-state index in [9.17, 15) is 4.79 Å². The number of hydrogen-bond donors (Lipinski definition) is 0. The minimum absolute atomic E-state index is 0.0658. The zero-order valence-corrected chi connectivity index (χ0v) is 15.6. The highest BCUT2D eigenvalue weighted by molar-refractivity contribution is 6.74. The highest BCUT2D eigenvalue weighted by Gasteiger charge is 2.45. The first-order chi connectivity index (χ1) is 9.38. The summed E-state index contributed by atoms with van der Waals surface area (Å²) in [6.45, 7) is 15.0. The van der Waals surface area contributed by atoms with Crippen LogP contribution in [0, 0.1) is 0 Å². The Balaban J connectivity index is 2.86. The number of methoxy groups -OCH3 is 1. The molecule has 0 aromatic heterocycles. The Morgan fingerprint density at radius 3 is 2.33 bits per heavy atom. The van der Waals surface area contributed by atoms with Crippen LogP contribution in [0.2, 0.25) is 18.1 Å². The minimum Gasteiger partial charge on any atom is -0.469 e. The summed E-state index contributed by atoms with van der Waals surface area (Å²) in [5.74, 6) is -0.914. The van der Waals surface area contributed by atoms with Crippen molar-refractivity contribution < 1.29 is 23.4 Å². The summed E-state index contributed by atoms with van der Waals surface area (Å²) in [5, 5.41) is 0.0658. The third-order valence-electron chi connectivity index (χ3n) is 4.29. The van der Waals surface area contributed by atoms with Gasteiger partial charge in [0.1, 0.15) is 6.10 Å². The Morgan fingerprint density at radius 1 is 1.38 bits per heavy atom. The van der Waals surface area contributed by atoms with Gasteiger partial charge in [0, 0.05) is 0 Å². The van der Waals surface area contributed by atoms with Crippen LogP contribution in [-0.2, 0) is 23.4 Å². The normalized spacial score (nSPS) is 23.9. The molecule has 0 saturated carbocycles. The largest absolute Gasteiger partial charge is 0.469 e. The molecule has 0 N–H and O–H groups in total. The van der Waals surface area contributed by atoms with Gasteiger partial charge in [-0.25, -0.2) is 0 Å². The van der Waals surface area contributed by atoms with E-state index in [1.54, 1.807) is 0 Å². The van der Waals surface area contributed by atoms with Crippen LogP contribution >= 0.6 is 0 Å². The fraction of sp³-hybridized carbons (Fsp3) is 0.933. The number of carbonyl (C=O) groups is 1. The van der Waals surface area contributed by atoms with Crippen molar-refractivity contribution >= 4 is 14.3 Å². The summed E-state index contributed by atoms with van der Waals surface area (Å²) in [7, 11) is -0.614. The van der Waals surface area contributed by atoms with Crippen LogP contribution in [-0.4, -0.2) is 46.0 Å². The van der Waals surface area contributed by atoms with E-state index in [4.69, 9.17) is 18.6 Å². The molecule has 0 spiro atoms. The van der Waals surface area contributed by atoms with Crippen molar-refractivity contribution in [2.24, 2.45) is 0 Å². The van der Waals surface area contributed by atoms with Crippen LogP contribution in [0.25, 0.3) is 0 Å². The van der Waals surface area contributed by atoms with Crippen molar-refractivity contribution in [2.75, 3.05) is 13.7 Å². The number of rotatable bonds is 5. The molecule has 0 amide bonds. The van der Waals surface area contributed by atoms with Crippen molar-refractivity contribution in [3.05, 3.63) is 0 Å². The smallest absolute Gasteiger partial charge is 0.308 e. The topological polar surface area (TPSA) is 54.0 Å². The molecular formula is C15H30O5Si. The van der Waals surface area contributed by atoms with E-state index >= 15 is 0 Å². The maximum atomic E-state index is 11.7. The first-order valence-electron chi connectivity index (χ1n) is 7.44. The molecule has 0 unspecified atom stereocenters. The van der Waals surface area contributed by atoms with Crippen LogP contribution in [0.5, 0.6) is 0 Å². The van der Waals surface area contributed by atoms with Crippen LogP contribution in [0.1, 0.15) is 41.0 Å². The zero-order chi connectivity index (χ0) is 16.5. The summed E-state index contributed by atoms with van der Waals surface area (Å²) < 4.78 is 22.7. The van der Waals surface area contributed by atoms with Crippen LogP contribution in [0.3, 0.4) is 0 Å². The van der Waals surface area contributed by atoms with Crippen LogP contribution in [0.4, 0.5) is 0 Å². The average molecular weight is 318 g/mol. The second-order valence-electron chi connectivity index (χ2n) is 7.56. The van der Waals surface area contributed by atoms with Crippen molar-refractivity contribution in [3.8, 4) is 0 Å². The van der Waals surface area contributed by atoms with E-state index in [2.05, 4.69) is 33.9 Å². The Hall–Kier alpha value is -0.433. The van der Waals surface area contributed by atoms with Crippen molar-refractivity contribution in [2.45, 2.75) is 77.2 Å². The van der Waals surface area contributed by atoms with Gasteiger partial charge in [0.05, 0.1) is 26.2 Å². The first kappa shape index (κ1) is 18.6. The predicted molar refractivity (Wildman–Crippen MR) is 83.6 cm³/mol. The van der Waals surface area contributed by atoms with Gasteiger partial charge >= 0.3 is 5.97 Å². The van der Waals surface area contributed by atoms with Gasteiger partial charge in [0.2, 0.25) is 0 Å². The molecule has 21 heavy (non-hydrogen) atoms. The molecule has 1 fully saturated rings. The van der Waals surface area contributed by atoms with Crippen LogP contribution < -0.4 is 0 Å². The predicted octanol–water partition coefficient (Wildman–Crippen LogP) is 3.09. The third kappa shape index (κ3) is 5.05. The fourth-order valence-electron chi connectivity index (χ4n) is 1.95. The highest BCUT2D eigenvalue weighted by atomic mass is 28.4. The summed E-state index contributed by atoms with van der Waals surface area (Å²) in [5.41, 5.74) is 0. The highest BCUT2D eigenvalue weighted by Crippen LogP contribution is 2.39. The average Bonchev–Trinajstić information content (AvgIpc) is 2.67. The lowest BCUT2D eigenvalue weighted by Gasteiger charge is -2.40. The van der Waals surface area contributed by atoms with E-state index in [0.29, 0.717) is 6.61 Å². The standard InChI is InChI=1S/C15H30O5Si/c1-14(2,3)21(7,8)20-11(9-13(16)17-6)12-10-18-15(4,5)19-12/h11-12H,9-10H2,1-8H3/t11-,12-/m1/s1. The SMILES string of the molecule is COC(=O)C[C@@H](O[Si](C)(C)C(C)(C)C)[C@H]1COC(C)(C)O1. The molecule has 1 aliphatic rings. The van der Waals surface area contributed by atoms with E-state index in [1.165, 1.54) is 7.11 Å². The van der Waals surface area contributed by atoms with Gasteiger partial charge in [0.15, 0.2) is 14.1 Å². The maximum Gasteiger partial charge on any atom is 0.308 e. The molecule has 2 atom stereocenters. The lowest BCUT2D eigenvalue weighted by atomic mass is 10.1. The first-order valence-corrected chi connectivity index (χ1v) is 10.4. The van der Waals surface area contributed by atoms with Gasteiger partial charge in [-0.2, -0.15) is 0 Å². The minimum atomic E-state index is -2.00. The molecule has 0 aromatic rings. The Labute approximate surface area is 129 Å². The molecule has 0 radical (unpaired) electrons. The van der Waals surface area contributed by atoms with E-state index in [0.717, 1.165) is 0 Å². The number of ether oxygens (including phenoxy) is 3. The van der Waals surface area contributed by atoms with Crippen molar-refractivity contribution in [1.82, 2.24) is 0 Å². The summed E-state index contributed by atoms with van der Waals surface area (Å²) in [6.07, 6.45) is -0.388. The van der Waals surface area contributed by atoms with Gasteiger partial charge in [-0.1, -0.05) is 20.8 Å². The number of hydrogen-bond acceptors (Lipinski definition) is 5. The van der Waals surface area contributed by atoms with Crippen molar-refractivity contribution in [3.63, 3.8) is 0 Å². The molecule has 0 aromatic carbocycles. The van der Waals surface area contributed by atoms with E-state index < -0.39 is 14.1 Å². The van der Waals surface area contributed by atoms with Crippen molar-refractivity contribution in [1.29, 1.82) is 0 Å². The van der Waals surface area contributed by atoms with Gasteiger partial charge in [-0.05, 0) is 32.0 Å². The molecule has 1 aliphatic heterocycles. The Bertz CT molecular complexity index is 373. The van der Waals surface area contributed by atoms with Gasteiger partial charge < -0.3 is 18.6 Å². The summed E-state index contributed by atoms with van der Waals surface area (Å²) in [6, 6.07) is 0. The zero-order valence-electron chi connectivity index (χ0n) is 14.6. The second kappa shape index (κ2) is 6.36. The molecule has 6 heteroatoms. The molecule has 1 saturated heterocycles. The third-order valence-corrected chi connectivity index (χ3v) is 8.80. The van der Waals surface area contributed by atoms with Gasteiger partial charge in [-0.15, -0.1) is 0 Å². The lowest BCUT2D eigenvalue weighted by molar-refractivity contribution is -0.157. The molecular weight excluding hydrogens is 288 g/mol. The molecule has 0 bridgehead atoms. The van der Waals surface area contributed by atoms with E-state index in [1.807, 2.05) is 13.8 Å². The van der Waals surface area contributed by atoms with Crippen LogP contribution in [0.15, 0.2) is 0 Å². The number of carbonyl (C=O) groups excluding carboxylic acids is 1. The van der Waals surface area contributed by atoms with Gasteiger partial charge in [-0.3, -0.25) is 4.79 Å². The van der Waals surface area contributed by atoms with Gasteiger partial charge in [0.25, 0.3) is 0 Å². The molecule has 0 aliphatic carbocycles. The summed E-state index contributed by atoms with van der Waals surface area (Å²) in [4.78, 5) is 11.7. The molecule has 1 rings (SSSR count). The number of esters is 1. The lowest BCUT2D eigenvalue weighted by Crippen LogP contribution is -2.48. The quantitative estimate of drug-likeness (QED) is 0.576. The Kier molecular flexibility index (Phi) is 5.64. The maximum absolute atomic E-state index is 11.7. The molecule has 1 heterocycles. The monoisotopic (exact) mass is 318 g/mol. The summed E-state index contributed by atoms with van der Waals surface area (Å²) >= 11 is 0. The molecule has 124 valence electrons. The fourth-order valence-corrected chi connectivity index (χ4v) is 3.30. The van der Waals surface area contributed by atoms with E-state index in [-0.39, 0.29) is 29.6 Å². The Morgan fingerprint density at radius 2 is 1.95 bits per heavy atom. The second-order valence-corrected chi connectivity index (χ2v) is 12.3.